The molecule has 3 heteroatoms. The summed E-state index contributed by atoms with van der Waals surface area (Å²) < 4.78 is 0. The van der Waals surface area contributed by atoms with E-state index in [-0.39, 0.29) is 11.3 Å². The molecule has 1 aromatic carbocycles. The summed E-state index contributed by atoms with van der Waals surface area (Å²) >= 11 is 0. The highest BCUT2D eigenvalue weighted by Gasteiger charge is 2.45. The summed E-state index contributed by atoms with van der Waals surface area (Å²) in [6.45, 7) is 2.10. The van der Waals surface area contributed by atoms with Crippen LogP contribution in [-0.4, -0.2) is 19.0 Å². The van der Waals surface area contributed by atoms with Gasteiger partial charge in [0, 0.05) is 5.69 Å². The average molecular weight is 217 g/mol. The Kier molecular flexibility index (Phi) is 2.21. The van der Waals surface area contributed by atoms with E-state index in [1.54, 1.807) is 0 Å². The van der Waals surface area contributed by atoms with Crippen molar-refractivity contribution in [2.24, 2.45) is 5.41 Å². The second kappa shape index (κ2) is 3.59. The molecule has 2 aliphatic heterocycles. The predicted octanol–water partition coefficient (Wildman–Crippen LogP) is 0.525. The lowest BCUT2D eigenvalue weighted by Gasteiger charge is -2.37. The molecule has 0 bridgehead atoms. The molecule has 0 aromatic heterocycles. The molecule has 1 atom stereocenters. The number of carbonyl (C=O) groups is 1. The normalized spacial score (nSPS) is 28.6. The summed E-state index contributed by atoms with van der Waals surface area (Å²) in [5.74, 6) is 0.224. The molecule has 3 nitrogen and oxygen atoms in total. The minimum Gasteiger partial charge on any atom is -0.345 e. The van der Waals surface area contributed by atoms with Gasteiger partial charge in [0.1, 0.15) is 5.41 Å². The second-order valence-corrected chi connectivity index (χ2v) is 4.95. The summed E-state index contributed by atoms with van der Waals surface area (Å²) in [6.07, 6.45) is 3.09. The molecule has 1 fully saturated rings. The van der Waals surface area contributed by atoms with Gasteiger partial charge in [-0.3, -0.25) is 4.79 Å². The lowest BCUT2D eigenvalue weighted by Crippen LogP contribution is -2.90. The molecule has 1 aromatic rings. The monoisotopic (exact) mass is 217 g/mol. The lowest BCUT2D eigenvalue weighted by molar-refractivity contribution is -0.673. The Labute approximate surface area is 95.2 Å². The number of benzene rings is 1. The van der Waals surface area contributed by atoms with E-state index in [1.807, 2.05) is 12.1 Å². The van der Waals surface area contributed by atoms with Crippen molar-refractivity contribution in [3.63, 3.8) is 0 Å². The zero-order valence-corrected chi connectivity index (χ0v) is 9.33. The van der Waals surface area contributed by atoms with Crippen molar-refractivity contribution in [3.8, 4) is 0 Å². The molecule has 0 aliphatic carbocycles. The summed E-state index contributed by atoms with van der Waals surface area (Å²) in [6, 6.07) is 8.15. The zero-order valence-electron chi connectivity index (χ0n) is 9.33. The van der Waals surface area contributed by atoms with Crippen LogP contribution in [-0.2, 0) is 11.2 Å². The van der Waals surface area contributed by atoms with Gasteiger partial charge in [0.05, 0.1) is 13.1 Å². The van der Waals surface area contributed by atoms with Gasteiger partial charge in [-0.15, -0.1) is 0 Å². The van der Waals surface area contributed by atoms with Gasteiger partial charge in [0.2, 0.25) is 5.91 Å². The Morgan fingerprint density at radius 3 is 3.00 bits per heavy atom. The number of para-hydroxylation sites is 1. The van der Waals surface area contributed by atoms with Crippen LogP contribution in [0, 0.1) is 5.41 Å². The molecule has 1 saturated heterocycles. The third-order valence-electron chi connectivity index (χ3n) is 3.87. The van der Waals surface area contributed by atoms with Crippen LogP contribution in [0.1, 0.15) is 18.4 Å². The largest absolute Gasteiger partial charge is 0.345 e. The van der Waals surface area contributed by atoms with Gasteiger partial charge >= 0.3 is 0 Å². The molecule has 2 heterocycles. The Morgan fingerprint density at radius 2 is 2.19 bits per heavy atom. The van der Waals surface area contributed by atoms with E-state index in [0.29, 0.717) is 0 Å². The van der Waals surface area contributed by atoms with Crippen molar-refractivity contribution >= 4 is 11.6 Å². The van der Waals surface area contributed by atoms with Gasteiger partial charge < -0.3 is 10.6 Å². The summed E-state index contributed by atoms with van der Waals surface area (Å²) in [5, 5.41) is 5.34. The van der Waals surface area contributed by atoms with E-state index in [2.05, 4.69) is 22.8 Å². The maximum atomic E-state index is 12.2. The summed E-state index contributed by atoms with van der Waals surface area (Å²) in [4.78, 5) is 12.2. The standard InChI is InChI=1S/C13H16N2O/c16-12-13(6-3-7-14-9-13)8-10-4-1-2-5-11(10)15-12/h1-2,4-5,14H,3,6-9H2,(H,15,16)/p+1. The number of piperidine rings is 1. The fourth-order valence-corrected chi connectivity index (χ4v) is 2.93. The van der Waals surface area contributed by atoms with Gasteiger partial charge in [-0.25, -0.2) is 0 Å². The lowest BCUT2D eigenvalue weighted by atomic mass is 9.73. The molecule has 0 radical (unpaired) electrons. The van der Waals surface area contributed by atoms with Crippen LogP contribution in [0.3, 0.4) is 0 Å². The second-order valence-electron chi connectivity index (χ2n) is 4.95. The van der Waals surface area contributed by atoms with Crippen LogP contribution in [0.2, 0.25) is 0 Å². The summed E-state index contributed by atoms with van der Waals surface area (Å²) in [7, 11) is 0. The third-order valence-corrected chi connectivity index (χ3v) is 3.87. The number of nitrogens with two attached hydrogens (primary N) is 1. The van der Waals surface area contributed by atoms with Gasteiger partial charge in [-0.1, -0.05) is 18.2 Å². The fourth-order valence-electron chi connectivity index (χ4n) is 2.93. The maximum absolute atomic E-state index is 12.2. The Hall–Kier alpha value is -1.35. The topological polar surface area (TPSA) is 45.7 Å². The minimum atomic E-state index is -0.146. The Morgan fingerprint density at radius 1 is 1.31 bits per heavy atom. The quantitative estimate of drug-likeness (QED) is 0.654. The molecule has 1 spiro atoms. The van der Waals surface area contributed by atoms with E-state index in [9.17, 15) is 4.79 Å². The summed E-state index contributed by atoms with van der Waals surface area (Å²) in [5.41, 5.74) is 2.15. The first-order valence-corrected chi connectivity index (χ1v) is 6.01. The molecular weight excluding hydrogens is 200 g/mol. The third kappa shape index (κ3) is 1.43. The molecule has 1 unspecified atom stereocenters. The van der Waals surface area contributed by atoms with Crippen molar-refractivity contribution in [3.05, 3.63) is 29.8 Å². The van der Waals surface area contributed by atoms with Crippen molar-refractivity contribution < 1.29 is 10.1 Å². The van der Waals surface area contributed by atoms with Gasteiger partial charge in [-0.2, -0.15) is 0 Å². The van der Waals surface area contributed by atoms with Crippen LogP contribution in [0.5, 0.6) is 0 Å². The SMILES string of the molecule is O=C1Nc2ccccc2CC12CCC[NH2+]C2. The van der Waals surface area contributed by atoms with Crippen LogP contribution >= 0.6 is 0 Å². The van der Waals surface area contributed by atoms with E-state index < -0.39 is 0 Å². The van der Waals surface area contributed by atoms with Crippen molar-refractivity contribution in [1.29, 1.82) is 0 Å². The van der Waals surface area contributed by atoms with Crippen LogP contribution in [0.25, 0.3) is 0 Å². The van der Waals surface area contributed by atoms with Gasteiger partial charge in [0.25, 0.3) is 0 Å². The van der Waals surface area contributed by atoms with E-state index in [0.717, 1.165) is 38.0 Å². The van der Waals surface area contributed by atoms with Crippen molar-refractivity contribution in [1.82, 2.24) is 0 Å². The highest BCUT2D eigenvalue weighted by Crippen LogP contribution is 2.36. The number of nitrogens with one attached hydrogen (secondary N) is 1. The fraction of sp³-hybridized carbons (Fsp3) is 0.462. The van der Waals surface area contributed by atoms with Gasteiger partial charge in [-0.05, 0) is 30.9 Å². The van der Waals surface area contributed by atoms with Gasteiger partial charge in [0.15, 0.2) is 0 Å². The highest BCUT2D eigenvalue weighted by molar-refractivity contribution is 5.98. The van der Waals surface area contributed by atoms with Crippen LogP contribution in [0.15, 0.2) is 24.3 Å². The van der Waals surface area contributed by atoms with E-state index in [1.165, 1.54) is 5.56 Å². The molecule has 2 aliphatic rings. The number of carbonyl (C=O) groups excluding carboxylic acids is 1. The molecule has 84 valence electrons. The molecule has 3 N–H and O–H groups in total. The smallest absolute Gasteiger partial charge is 0.236 e. The Bertz CT molecular complexity index is 422. The number of fused-ring (bicyclic) bond motifs is 1. The maximum Gasteiger partial charge on any atom is 0.236 e. The van der Waals surface area contributed by atoms with Crippen molar-refractivity contribution in [2.75, 3.05) is 18.4 Å². The predicted molar refractivity (Wildman–Crippen MR) is 62.1 cm³/mol. The number of anilines is 1. The Balaban J connectivity index is 1.97. The van der Waals surface area contributed by atoms with E-state index in [4.69, 9.17) is 0 Å². The van der Waals surface area contributed by atoms with Crippen LogP contribution in [0.4, 0.5) is 5.69 Å². The number of hydrogen-bond donors (Lipinski definition) is 2. The number of rotatable bonds is 0. The zero-order chi connectivity index (χ0) is 11.0. The molecule has 16 heavy (non-hydrogen) atoms. The number of quaternary nitrogens is 1. The number of hydrogen-bond acceptors (Lipinski definition) is 1. The van der Waals surface area contributed by atoms with E-state index >= 15 is 0 Å². The average Bonchev–Trinajstić information content (AvgIpc) is 2.32. The molecular formula is C13H17N2O+. The molecule has 3 rings (SSSR count). The van der Waals surface area contributed by atoms with Crippen LogP contribution < -0.4 is 10.6 Å². The molecule has 1 amide bonds. The highest BCUT2D eigenvalue weighted by atomic mass is 16.2. The number of amides is 1. The molecule has 0 saturated carbocycles. The first-order valence-electron chi connectivity index (χ1n) is 6.01. The first-order chi connectivity index (χ1) is 7.80. The minimum absolute atomic E-state index is 0.146. The first kappa shape index (κ1) is 9.85. The van der Waals surface area contributed by atoms with Crippen molar-refractivity contribution in [2.45, 2.75) is 19.3 Å².